The van der Waals surface area contributed by atoms with Gasteiger partial charge in [0.1, 0.15) is 6.29 Å². The second kappa shape index (κ2) is 4.41. The number of hydrogen-bond acceptors (Lipinski definition) is 2. The maximum atomic E-state index is 10.7. The van der Waals surface area contributed by atoms with Crippen LogP contribution in [0.25, 0.3) is 0 Å². The molecule has 0 saturated heterocycles. The standard InChI is InChI=1S/C15H22O2/c1-10(2)14-11(3)5-6-13-12(14)9-15(4,17-13)7-8-16/h8-10,13H,5-7H2,1-4H3/t13-,15-/m0/s1. The summed E-state index contributed by atoms with van der Waals surface area (Å²) in [6, 6.07) is 0. The van der Waals surface area contributed by atoms with Gasteiger partial charge in [0.25, 0.3) is 0 Å². The van der Waals surface area contributed by atoms with Crippen molar-refractivity contribution < 1.29 is 9.53 Å². The Labute approximate surface area is 104 Å². The molecular weight excluding hydrogens is 212 g/mol. The molecule has 94 valence electrons. The molecule has 17 heavy (non-hydrogen) atoms. The van der Waals surface area contributed by atoms with Crippen molar-refractivity contribution in [2.75, 3.05) is 0 Å². The monoisotopic (exact) mass is 234 g/mol. The van der Waals surface area contributed by atoms with E-state index in [1.54, 1.807) is 0 Å². The van der Waals surface area contributed by atoms with Gasteiger partial charge in [-0.2, -0.15) is 0 Å². The number of hydrogen-bond donors (Lipinski definition) is 0. The molecule has 0 spiro atoms. The molecule has 0 aromatic rings. The van der Waals surface area contributed by atoms with Crippen LogP contribution in [0, 0.1) is 5.92 Å². The van der Waals surface area contributed by atoms with Crippen LogP contribution in [0.15, 0.2) is 22.8 Å². The third-order valence-corrected chi connectivity index (χ3v) is 3.84. The number of aldehydes is 1. The van der Waals surface area contributed by atoms with E-state index in [0.29, 0.717) is 12.3 Å². The van der Waals surface area contributed by atoms with Crippen LogP contribution in [0.1, 0.15) is 47.0 Å². The van der Waals surface area contributed by atoms with Crippen molar-refractivity contribution in [2.24, 2.45) is 5.92 Å². The van der Waals surface area contributed by atoms with Crippen LogP contribution >= 0.6 is 0 Å². The van der Waals surface area contributed by atoms with Gasteiger partial charge in [0.2, 0.25) is 0 Å². The lowest BCUT2D eigenvalue weighted by Crippen LogP contribution is -2.27. The minimum Gasteiger partial charge on any atom is -0.363 e. The summed E-state index contributed by atoms with van der Waals surface area (Å²) in [4.78, 5) is 10.7. The average Bonchev–Trinajstić information content (AvgIpc) is 2.53. The van der Waals surface area contributed by atoms with Crippen molar-refractivity contribution in [2.45, 2.75) is 58.7 Å². The van der Waals surface area contributed by atoms with Crippen molar-refractivity contribution >= 4 is 6.29 Å². The van der Waals surface area contributed by atoms with Gasteiger partial charge in [-0.05, 0) is 49.8 Å². The molecule has 1 aliphatic heterocycles. The van der Waals surface area contributed by atoms with Gasteiger partial charge in [-0.25, -0.2) is 0 Å². The van der Waals surface area contributed by atoms with Gasteiger partial charge in [-0.15, -0.1) is 0 Å². The van der Waals surface area contributed by atoms with Crippen LogP contribution < -0.4 is 0 Å². The number of ether oxygens (including phenoxy) is 1. The zero-order valence-electron chi connectivity index (χ0n) is 11.2. The first-order chi connectivity index (χ1) is 7.97. The Morgan fingerprint density at radius 1 is 1.59 bits per heavy atom. The molecule has 2 heteroatoms. The van der Waals surface area contributed by atoms with Gasteiger partial charge in [-0.3, -0.25) is 0 Å². The number of rotatable bonds is 3. The van der Waals surface area contributed by atoms with E-state index in [1.807, 2.05) is 6.92 Å². The van der Waals surface area contributed by atoms with Crippen molar-refractivity contribution in [3.8, 4) is 0 Å². The third-order valence-electron chi connectivity index (χ3n) is 3.84. The minimum absolute atomic E-state index is 0.209. The molecule has 0 aromatic carbocycles. The molecule has 0 saturated carbocycles. The largest absolute Gasteiger partial charge is 0.363 e. The highest BCUT2D eigenvalue weighted by atomic mass is 16.5. The fourth-order valence-corrected chi connectivity index (χ4v) is 3.14. The second-order valence-corrected chi connectivity index (χ2v) is 5.78. The normalized spacial score (nSPS) is 32.8. The molecule has 0 bridgehead atoms. The quantitative estimate of drug-likeness (QED) is 0.699. The lowest BCUT2D eigenvalue weighted by atomic mass is 9.80. The van der Waals surface area contributed by atoms with Crippen molar-refractivity contribution in [1.82, 2.24) is 0 Å². The zero-order valence-corrected chi connectivity index (χ0v) is 11.2. The van der Waals surface area contributed by atoms with Crippen molar-refractivity contribution in [1.29, 1.82) is 0 Å². The summed E-state index contributed by atoms with van der Waals surface area (Å²) in [5.74, 6) is 0.534. The van der Waals surface area contributed by atoms with E-state index in [2.05, 4.69) is 26.8 Å². The van der Waals surface area contributed by atoms with E-state index in [9.17, 15) is 4.79 Å². The van der Waals surface area contributed by atoms with Crippen LogP contribution in [0.2, 0.25) is 0 Å². The smallest absolute Gasteiger partial charge is 0.123 e. The van der Waals surface area contributed by atoms with Gasteiger partial charge in [0, 0.05) is 6.42 Å². The molecule has 0 amide bonds. The van der Waals surface area contributed by atoms with Gasteiger partial charge in [-0.1, -0.05) is 19.4 Å². The van der Waals surface area contributed by atoms with Gasteiger partial charge in [0.05, 0.1) is 11.7 Å². The van der Waals surface area contributed by atoms with Gasteiger partial charge in [0.15, 0.2) is 0 Å². The molecule has 2 nitrogen and oxygen atoms in total. The average molecular weight is 234 g/mol. The highest BCUT2D eigenvalue weighted by molar-refractivity contribution is 5.55. The zero-order chi connectivity index (χ0) is 12.6. The number of carbonyl (C=O) groups is 1. The van der Waals surface area contributed by atoms with Crippen LogP contribution in [0.5, 0.6) is 0 Å². The van der Waals surface area contributed by atoms with Crippen LogP contribution in [-0.4, -0.2) is 18.0 Å². The molecule has 1 heterocycles. The van der Waals surface area contributed by atoms with Gasteiger partial charge >= 0.3 is 0 Å². The molecule has 0 N–H and O–H groups in total. The maximum Gasteiger partial charge on any atom is 0.123 e. The van der Waals surface area contributed by atoms with E-state index in [4.69, 9.17) is 4.74 Å². The molecule has 0 radical (unpaired) electrons. The molecule has 2 rings (SSSR count). The Hall–Kier alpha value is -0.890. The summed E-state index contributed by atoms with van der Waals surface area (Å²) in [6.45, 7) is 8.71. The van der Waals surface area contributed by atoms with Gasteiger partial charge < -0.3 is 9.53 Å². The van der Waals surface area contributed by atoms with E-state index >= 15 is 0 Å². The second-order valence-electron chi connectivity index (χ2n) is 5.78. The molecule has 0 unspecified atom stereocenters. The SMILES string of the molecule is CC1=C(C(C)C)C2=C[C@](C)(CC=O)O[C@H]2CC1. The van der Waals surface area contributed by atoms with E-state index < -0.39 is 0 Å². The molecule has 0 aromatic heterocycles. The predicted octanol–water partition coefficient (Wildman–Crippen LogP) is 3.43. The maximum absolute atomic E-state index is 10.7. The lowest BCUT2D eigenvalue weighted by molar-refractivity contribution is -0.113. The number of fused-ring (bicyclic) bond motifs is 1. The minimum atomic E-state index is -0.382. The summed E-state index contributed by atoms with van der Waals surface area (Å²) in [5.41, 5.74) is 3.90. The Kier molecular flexibility index (Phi) is 3.26. The predicted molar refractivity (Wildman–Crippen MR) is 68.8 cm³/mol. The van der Waals surface area contributed by atoms with Crippen molar-refractivity contribution in [3.05, 3.63) is 22.8 Å². The van der Waals surface area contributed by atoms with Crippen molar-refractivity contribution in [3.63, 3.8) is 0 Å². The third kappa shape index (κ3) is 2.23. The summed E-state index contributed by atoms with van der Waals surface area (Å²) in [5, 5.41) is 0. The highest BCUT2D eigenvalue weighted by Crippen LogP contribution is 2.43. The Balaban J connectivity index is 2.37. The molecular formula is C15H22O2. The summed E-state index contributed by atoms with van der Waals surface area (Å²) in [6.07, 6.45) is 5.98. The van der Waals surface area contributed by atoms with Crippen LogP contribution in [0.3, 0.4) is 0 Å². The molecule has 1 aliphatic carbocycles. The van der Waals surface area contributed by atoms with Crippen LogP contribution in [-0.2, 0) is 9.53 Å². The topological polar surface area (TPSA) is 26.3 Å². The molecule has 2 atom stereocenters. The van der Waals surface area contributed by atoms with E-state index in [0.717, 1.165) is 19.1 Å². The Bertz CT molecular complexity index is 390. The Morgan fingerprint density at radius 3 is 2.88 bits per heavy atom. The number of allylic oxidation sites excluding steroid dienone is 1. The first-order valence-electron chi connectivity index (χ1n) is 6.51. The summed E-state index contributed by atoms with van der Waals surface area (Å²) in [7, 11) is 0. The Morgan fingerprint density at radius 2 is 2.29 bits per heavy atom. The molecule has 2 aliphatic rings. The summed E-state index contributed by atoms with van der Waals surface area (Å²) < 4.78 is 6.06. The van der Waals surface area contributed by atoms with E-state index in [1.165, 1.54) is 16.7 Å². The first-order valence-corrected chi connectivity index (χ1v) is 6.51. The fourth-order valence-electron chi connectivity index (χ4n) is 3.14. The fraction of sp³-hybridized carbons (Fsp3) is 0.667. The van der Waals surface area contributed by atoms with Crippen LogP contribution in [0.4, 0.5) is 0 Å². The number of carbonyl (C=O) groups excluding carboxylic acids is 1. The summed E-state index contributed by atoms with van der Waals surface area (Å²) >= 11 is 0. The molecule has 0 fully saturated rings. The highest BCUT2D eigenvalue weighted by Gasteiger charge is 2.39. The first kappa shape index (κ1) is 12.6. The van der Waals surface area contributed by atoms with E-state index in [-0.39, 0.29) is 11.7 Å². The lowest BCUT2D eigenvalue weighted by Gasteiger charge is -2.29.